The molecule has 0 aliphatic heterocycles. The molecule has 0 fully saturated rings. The van der Waals surface area contributed by atoms with Gasteiger partial charge in [0.25, 0.3) is 0 Å². The molecule has 0 bridgehead atoms. The van der Waals surface area contributed by atoms with Gasteiger partial charge in [-0.2, -0.15) is 0 Å². The highest BCUT2D eigenvalue weighted by atomic mass is 16.1. The Labute approximate surface area is 329 Å². The smallest absolute Gasteiger partial charge is 0.193 e. The van der Waals surface area contributed by atoms with Gasteiger partial charge in [0.1, 0.15) is 0 Å². The zero-order valence-corrected chi connectivity index (χ0v) is 31.7. The van der Waals surface area contributed by atoms with E-state index in [1.807, 2.05) is 44.2 Å². The van der Waals surface area contributed by atoms with Crippen LogP contribution in [0.5, 0.6) is 0 Å². The molecular weight excluding hydrogens is 677 g/mol. The summed E-state index contributed by atoms with van der Waals surface area (Å²) in [7, 11) is 0. The van der Waals surface area contributed by atoms with Gasteiger partial charge in [-0.1, -0.05) is 185 Å². The van der Waals surface area contributed by atoms with Crippen LogP contribution in [-0.4, -0.2) is 5.78 Å². The van der Waals surface area contributed by atoms with E-state index >= 15 is 4.79 Å². The molecule has 266 valence electrons. The van der Waals surface area contributed by atoms with Crippen molar-refractivity contribution in [3.05, 3.63) is 250 Å². The van der Waals surface area contributed by atoms with Crippen molar-refractivity contribution in [2.24, 2.45) is 0 Å². The van der Waals surface area contributed by atoms with E-state index in [1.165, 1.54) is 50.1 Å². The number of carbonyl (C=O) groups is 1. The first-order valence-corrected chi connectivity index (χ1v) is 19.6. The van der Waals surface area contributed by atoms with Crippen LogP contribution >= 0.6 is 0 Å². The number of hydrogen-bond acceptors (Lipinski definition) is 1. The minimum absolute atomic E-state index is 0.00326. The molecule has 7 aromatic carbocycles. The van der Waals surface area contributed by atoms with Gasteiger partial charge in [0.05, 0.1) is 10.8 Å². The van der Waals surface area contributed by atoms with E-state index in [4.69, 9.17) is 0 Å². The molecule has 1 heteroatoms. The number of allylic oxidation sites excluding steroid dienone is 4. The van der Waals surface area contributed by atoms with Gasteiger partial charge in [0, 0.05) is 11.1 Å². The summed E-state index contributed by atoms with van der Waals surface area (Å²) in [6.45, 7) is 16.7. The van der Waals surface area contributed by atoms with Crippen LogP contribution in [0.25, 0.3) is 45.0 Å². The minimum atomic E-state index is -0.603. The molecule has 56 heavy (non-hydrogen) atoms. The summed E-state index contributed by atoms with van der Waals surface area (Å²) in [5.74, 6) is 0.00326. The SMILES string of the molecule is C=CC1=C(C=C)C2(c3ccccc31)c1ccccc1-c1ccc(C(=O)c3ccc4c(c3)C3(c5ccccc5-c5ccccc53)c3cc(C=C)ccc3-4)cc12.CC. The Morgan fingerprint density at radius 1 is 0.411 bits per heavy atom. The van der Waals surface area contributed by atoms with Gasteiger partial charge in [-0.15, -0.1) is 0 Å². The summed E-state index contributed by atoms with van der Waals surface area (Å²) in [6, 6.07) is 54.1. The molecule has 0 aromatic heterocycles. The maximum Gasteiger partial charge on any atom is 0.193 e. The van der Waals surface area contributed by atoms with Gasteiger partial charge in [-0.05, 0) is 113 Å². The third kappa shape index (κ3) is 4.02. The monoisotopic (exact) mass is 716 g/mol. The van der Waals surface area contributed by atoms with E-state index in [0.29, 0.717) is 11.1 Å². The van der Waals surface area contributed by atoms with Crippen molar-refractivity contribution in [1.29, 1.82) is 0 Å². The predicted molar refractivity (Wildman–Crippen MR) is 233 cm³/mol. The van der Waals surface area contributed by atoms with Gasteiger partial charge in [-0.25, -0.2) is 0 Å². The van der Waals surface area contributed by atoms with Crippen molar-refractivity contribution in [2.45, 2.75) is 24.7 Å². The number of carbonyl (C=O) groups excluding carboxylic acids is 1. The second kappa shape index (κ2) is 12.3. The first-order chi connectivity index (χ1) is 27.6. The quantitative estimate of drug-likeness (QED) is 0.162. The van der Waals surface area contributed by atoms with Gasteiger partial charge in [0.2, 0.25) is 0 Å². The molecule has 11 rings (SSSR count). The normalized spacial score (nSPS) is 16.5. The molecule has 1 nitrogen and oxygen atoms in total. The zero-order valence-electron chi connectivity index (χ0n) is 31.7. The highest BCUT2D eigenvalue weighted by molar-refractivity contribution is 6.11. The second-order valence-electron chi connectivity index (χ2n) is 14.8. The van der Waals surface area contributed by atoms with E-state index in [2.05, 4.69) is 159 Å². The summed E-state index contributed by atoms with van der Waals surface area (Å²) >= 11 is 0. The number of fused-ring (bicyclic) bond motifs is 17. The fraction of sp³-hybridized carbons (Fsp3) is 0.0727. The Kier molecular flexibility index (Phi) is 7.43. The lowest BCUT2D eigenvalue weighted by Gasteiger charge is -2.31. The number of benzene rings is 7. The van der Waals surface area contributed by atoms with E-state index < -0.39 is 10.8 Å². The van der Waals surface area contributed by atoms with Gasteiger partial charge in [-0.3, -0.25) is 4.79 Å². The third-order valence-electron chi connectivity index (χ3n) is 12.6. The highest BCUT2D eigenvalue weighted by Gasteiger charge is 2.53. The minimum Gasteiger partial charge on any atom is -0.289 e. The molecule has 4 aliphatic carbocycles. The molecule has 2 spiro atoms. The summed E-state index contributed by atoms with van der Waals surface area (Å²) in [6.07, 6.45) is 5.87. The fourth-order valence-electron chi connectivity index (χ4n) is 10.6. The van der Waals surface area contributed by atoms with E-state index in [0.717, 1.165) is 44.5 Å². The first kappa shape index (κ1) is 33.7. The van der Waals surface area contributed by atoms with Crippen molar-refractivity contribution >= 4 is 17.4 Å². The maximum absolute atomic E-state index is 15.0. The van der Waals surface area contributed by atoms with Crippen molar-refractivity contribution in [1.82, 2.24) is 0 Å². The molecule has 1 unspecified atom stereocenters. The van der Waals surface area contributed by atoms with Crippen LogP contribution in [0.1, 0.15) is 79.8 Å². The van der Waals surface area contributed by atoms with Crippen LogP contribution in [0.15, 0.2) is 189 Å². The zero-order chi connectivity index (χ0) is 38.3. The topological polar surface area (TPSA) is 17.1 Å². The lowest BCUT2D eigenvalue weighted by Crippen LogP contribution is -2.27. The summed E-state index contributed by atoms with van der Waals surface area (Å²) in [5.41, 5.74) is 20.1. The predicted octanol–water partition coefficient (Wildman–Crippen LogP) is 13.4. The van der Waals surface area contributed by atoms with Crippen LogP contribution in [0.3, 0.4) is 0 Å². The highest BCUT2D eigenvalue weighted by Crippen LogP contribution is 2.64. The van der Waals surface area contributed by atoms with E-state index in [-0.39, 0.29) is 5.78 Å². The lowest BCUT2D eigenvalue weighted by molar-refractivity contribution is 0.103. The Morgan fingerprint density at radius 2 is 0.804 bits per heavy atom. The van der Waals surface area contributed by atoms with Crippen LogP contribution in [0, 0.1) is 0 Å². The molecule has 7 aromatic rings. The van der Waals surface area contributed by atoms with Gasteiger partial charge >= 0.3 is 0 Å². The number of hydrogen-bond donors (Lipinski definition) is 0. The summed E-state index contributed by atoms with van der Waals surface area (Å²) < 4.78 is 0. The molecule has 1 atom stereocenters. The van der Waals surface area contributed by atoms with Crippen molar-refractivity contribution in [3.8, 4) is 33.4 Å². The van der Waals surface area contributed by atoms with Crippen molar-refractivity contribution < 1.29 is 4.79 Å². The Morgan fingerprint density at radius 3 is 1.29 bits per heavy atom. The van der Waals surface area contributed by atoms with E-state index in [9.17, 15) is 0 Å². The Bertz CT molecular complexity index is 2870. The van der Waals surface area contributed by atoms with Crippen molar-refractivity contribution in [3.63, 3.8) is 0 Å². The number of ketones is 1. The number of rotatable bonds is 5. The fourth-order valence-corrected chi connectivity index (χ4v) is 10.6. The third-order valence-corrected chi connectivity index (χ3v) is 12.6. The molecule has 0 saturated heterocycles. The summed E-state index contributed by atoms with van der Waals surface area (Å²) in [4.78, 5) is 15.0. The molecule has 0 N–H and O–H groups in total. The average Bonchev–Trinajstić information content (AvgIpc) is 3.94. The van der Waals surface area contributed by atoms with Crippen LogP contribution in [-0.2, 0) is 10.8 Å². The molecule has 0 saturated carbocycles. The van der Waals surface area contributed by atoms with Crippen LogP contribution in [0.4, 0.5) is 0 Å². The van der Waals surface area contributed by atoms with E-state index in [1.54, 1.807) is 0 Å². The van der Waals surface area contributed by atoms with Crippen LogP contribution < -0.4 is 0 Å². The maximum atomic E-state index is 15.0. The molecule has 4 aliphatic rings. The van der Waals surface area contributed by atoms with Gasteiger partial charge < -0.3 is 0 Å². The largest absolute Gasteiger partial charge is 0.289 e. The Hall–Kier alpha value is -6.83. The standard InChI is InChI=1S/C53H34O.C2H6/c1-4-32-23-26-40-42-28-25-34(31-50(42)53(48(40)29-32)46-21-13-8-16-37(46)38-17-9-14-22-47(38)53)51(54)33-24-27-41-39-18-10-12-20-45(39)52(49(41)30-33)43(6-3)35(5-2)36-15-7-11-19-44(36)52;1-2/h4-31H,1-3H2;1-2H3. The molecule has 0 amide bonds. The van der Waals surface area contributed by atoms with Gasteiger partial charge in [0.15, 0.2) is 5.78 Å². The molecular formula is C55H40O. The second-order valence-corrected chi connectivity index (χ2v) is 14.8. The van der Waals surface area contributed by atoms with Crippen LogP contribution in [0.2, 0.25) is 0 Å². The van der Waals surface area contributed by atoms with Crippen molar-refractivity contribution in [2.75, 3.05) is 0 Å². The molecule has 0 radical (unpaired) electrons. The molecule has 0 heterocycles. The lowest BCUT2D eigenvalue weighted by atomic mass is 9.69. The summed E-state index contributed by atoms with van der Waals surface area (Å²) in [5, 5.41) is 0. The Balaban J connectivity index is 0.00000189. The average molecular weight is 717 g/mol. The first-order valence-electron chi connectivity index (χ1n) is 19.6.